The highest BCUT2D eigenvalue weighted by molar-refractivity contribution is 7.89. The van der Waals surface area contributed by atoms with Crippen molar-refractivity contribution in [3.8, 4) is 0 Å². The zero-order valence-corrected chi connectivity index (χ0v) is 12.2. The van der Waals surface area contributed by atoms with Gasteiger partial charge in [-0.15, -0.1) is 0 Å². The van der Waals surface area contributed by atoms with E-state index in [9.17, 15) is 8.42 Å². The van der Waals surface area contributed by atoms with E-state index < -0.39 is 10.0 Å². The molecule has 0 fully saturated rings. The van der Waals surface area contributed by atoms with Crippen LogP contribution in [0.25, 0.3) is 0 Å². The fourth-order valence-corrected chi connectivity index (χ4v) is 3.42. The smallest absolute Gasteiger partial charge is 0.243 e. The minimum atomic E-state index is -3.49. The Bertz CT molecular complexity index is 669. The van der Waals surface area contributed by atoms with Crippen LogP contribution in [-0.4, -0.2) is 19.3 Å². The number of hydrogen-bond acceptors (Lipinski definition) is 3. The molecule has 5 heteroatoms. The largest absolute Gasteiger partial charge is 0.398 e. The minimum Gasteiger partial charge on any atom is -0.398 e. The zero-order chi connectivity index (χ0) is 14.6. The fraction of sp³-hybridized carbons (Fsp3) is 0.200. The van der Waals surface area contributed by atoms with E-state index in [0.29, 0.717) is 17.1 Å². The van der Waals surface area contributed by atoms with Crippen molar-refractivity contribution in [3.05, 3.63) is 60.2 Å². The molecular formula is C15H18N2O2S. The van der Waals surface area contributed by atoms with Crippen LogP contribution >= 0.6 is 0 Å². The van der Waals surface area contributed by atoms with Gasteiger partial charge in [-0.2, -0.15) is 4.31 Å². The molecule has 0 amide bonds. The standard InChI is InChI=1S/C15H18N2O2S/c1-2-17(12-13-8-6-7-11-15(13)16)20(18,19)14-9-4-3-5-10-14/h3-11H,2,12,16H2,1H3. The third-order valence-corrected chi connectivity index (χ3v) is 5.07. The molecule has 2 N–H and O–H groups in total. The molecule has 106 valence electrons. The summed E-state index contributed by atoms with van der Waals surface area (Å²) in [5.41, 5.74) is 7.30. The number of nitrogens with two attached hydrogens (primary N) is 1. The number of anilines is 1. The maximum atomic E-state index is 12.6. The Balaban J connectivity index is 2.32. The SMILES string of the molecule is CCN(Cc1ccccc1N)S(=O)(=O)c1ccccc1. The van der Waals surface area contributed by atoms with Crippen LogP contribution in [0.4, 0.5) is 5.69 Å². The number of sulfonamides is 1. The molecular weight excluding hydrogens is 272 g/mol. The van der Waals surface area contributed by atoms with Gasteiger partial charge in [0.25, 0.3) is 0 Å². The summed E-state index contributed by atoms with van der Waals surface area (Å²) in [6, 6.07) is 15.8. The Hall–Kier alpha value is -1.85. The van der Waals surface area contributed by atoms with Crippen molar-refractivity contribution in [2.45, 2.75) is 18.4 Å². The van der Waals surface area contributed by atoms with E-state index >= 15 is 0 Å². The average Bonchev–Trinajstić information content (AvgIpc) is 2.47. The van der Waals surface area contributed by atoms with Crippen LogP contribution in [0.2, 0.25) is 0 Å². The van der Waals surface area contributed by atoms with Crippen LogP contribution in [0.15, 0.2) is 59.5 Å². The molecule has 20 heavy (non-hydrogen) atoms. The van der Waals surface area contributed by atoms with Gasteiger partial charge in [-0.1, -0.05) is 43.3 Å². The van der Waals surface area contributed by atoms with Crippen LogP contribution in [0, 0.1) is 0 Å². The van der Waals surface area contributed by atoms with E-state index in [1.54, 1.807) is 36.4 Å². The molecule has 0 aliphatic rings. The Morgan fingerprint density at radius 1 is 1.00 bits per heavy atom. The lowest BCUT2D eigenvalue weighted by molar-refractivity contribution is 0.424. The van der Waals surface area contributed by atoms with E-state index in [4.69, 9.17) is 5.73 Å². The van der Waals surface area contributed by atoms with Gasteiger partial charge in [0.15, 0.2) is 0 Å². The van der Waals surface area contributed by atoms with Crippen molar-refractivity contribution in [1.82, 2.24) is 4.31 Å². The second-order valence-electron chi connectivity index (χ2n) is 4.44. The summed E-state index contributed by atoms with van der Waals surface area (Å²) < 4.78 is 26.6. The second-order valence-corrected chi connectivity index (χ2v) is 6.38. The molecule has 0 heterocycles. The molecule has 0 radical (unpaired) electrons. The van der Waals surface area contributed by atoms with Crippen molar-refractivity contribution in [2.75, 3.05) is 12.3 Å². The number of para-hydroxylation sites is 1. The van der Waals surface area contributed by atoms with Crippen LogP contribution in [-0.2, 0) is 16.6 Å². The summed E-state index contributed by atoms with van der Waals surface area (Å²) in [7, 11) is -3.49. The number of nitrogens with zero attached hydrogens (tertiary/aromatic N) is 1. The van der Waals surface area contributed by atoms with E-state index in [0.717, 1.165) is 5.56 Å². The maximum absolute atomic E-state index is 12.6. The molecule has 0 aliphatic carbocycles. The normalized spacial score (nSPS) is 11.7. The van der Waals surface area contributed by atoms with Gasteiger partial charge in [-0.25, -0.2) is 8.42 Å². The topological polar surface area (TPSA) is 63.4 Å². The molecule has 0 aliphatic heterocycles. The Morgan fingerprint density at radius 2 is 1.60 bits per heavy atom. The molecule has 2 aromatic rings. The third kappa shape index (κ3) is 3.00. The van der Waals surface area contributed by atoms with Crippen LogP contribution in [0.3, 0.4) is 0 Å². The molecule has 2 rings (SSSR count). The summed E-state index contributed by atoms with van der Waals surface area (Å²) in [6.45, 7) is 2.49. The van der Waals surface area contributed by atoms with Gasteiger partial charge in [-0.3, -0.25) is 0 Å². The lowest BCUT2D eigenvalue weighted by atomic mass is 10.2. The second kappa shape index (κ2) is 6.07. The Labute approximate surface area is 119 Å². The van der Waals surface area contributed by atoms with E-state index in [1.165, 1.54) is 4.31 Å². The van der Waals surface area contributed by atoms with Gasteiger partial charge in [0, 0.05) is 18.8 Å². The van der Waals surface area contributed by atoms with Gasteiger partial charge < -0.3 is 5.73 Å². The molecule has 0 bridgehead atoms. The maximum Gasteiger partial charge on any atom is 0.243 e. The van der Waals surface area contributed by atoms with Gasteiger partial charge in [0.05, 0.1) is 4.90 Å². The highest BCUT2D eigenvalue weighted by atomic mass is 32.2. The molecule has 4 nitrogen and oxygen atoms in total. The number of nitrogen functional groups attached to an aromatic ring is 1. The fourth-order valence-electron chi connectivity index (χ4n) is 1.98. The molecule has 0 saturated carbocycles. The van der Waals surface area contributed by atoms with Crippen molar-refractivity contribution in [2.24, 2.45) is 0 Å². The van der Waals surface area contributed by atoms with Gasteiger partial charge >= 0.3 is 0 Å². The number of hydrogen-bond donors (Lipinski definition) is 1. The van der Waals surface area contributed by atoms with E-state index in [1.807, 2.05) is 25.1 Å². The monoisotopic (exact) mass is 290 g/mol. The highest BCUT2D eigenvalue weighted by Crippen LogP contribution is 2.20. The third-order valence-electron chi connectivity index (χ3n) is 3.14. The zero-order valence-electron chi connectivity index (χ0n) is 11.4. The number of rotatable bonds is 5. The summed E-state index contributed by atoms with van der Waals surface area (Å²) in [6.07, 6.45) is 0. The lowest BCUT2D eigenvalue weighted by Crippen LogP contribution is -2.30. The summed E-state index contributed by atoms with van der Waals surface area (Å²) in [4.78, 5) is 0.302. The van der Waals surface area contributed by atoms with Gasteiger partial charge in [0.1, 0.15) is 0 Å². The van der Waals surface area contributed by atoms with Crippen molar-refractivity contribution >= 4 is 15.7 Å². The predicted octanol–water partition coefficient (Wildman–Crippen LogP) is 2.48. The average molecular weight is 290 g/mol. The lowest BCUT2D eigenvalue weighted by Gasteiger charge is -2.21. The molecule has 0 unspecified atom stereocenters. The molecule has 0 saturated heterocycles. The molecule has 2 aromatic carbocycles. The van der Waals surface area contributed by atoms with Crippen LogP contribution in [0.5, 0.6) is 0 Å². The minimum absolute atomic E-state index is 0.278. The van der Waals surface area contributed by atoms with Gasteiger partial charge in [-0.05, 0) is 23.8 Å². The predicted molar refractivity (Wildman–Crippen MR) is 80.6 cm³/mol. The number of benzene rings is 2. The Morgan fingerprint density at radius 3 is 2.20 bits per heavy atom. The van der Waals surface area contributed by atoms with E-state index in [-0.39, 0.29) is 6.54 Å². The molecule has 0 atom stereocenters. The highest BCUT2D eigenvalue weighted by Gasteiger charge is 2.23. The van der Waals surface area contributed by atoms with Crippen LogP contribution < -0.4 is 5.73 Å². The Kier molecular flexibility index (Phi) is 4.42. The first-order valence-corrected chi connectivity index (χ1v) is 7.88. The van der Waals surface area contributed by atoms with Gasteiger partial charge in [0.2, 0.25) is 10.0 Å². The van der Waals surface area contributed by atoms with Crippen molar-refractivity contribution < 1.29 is 8.42 Å². The van der Waals surface area contributed by atoms with E-state index in [2.05, 4.69) is 0 Å². The summed E-state index contributed by atoms with van der Waals surface area (Å²) in [5.74, 6) is 0. The van der Waals surface area contributed by atoms with Crippen molar-refractivity contribution in [1.29, 1.82) is 0 Å². The van der Waals surface area contributed by atoms with Crippen molar-refractivity contribution in [3.63, 3.8) is 0 Å². The first kappa shape index (κ1) is 14.6. The van der Waals surface area contributed by atoms with Crippen LogP contribution in [0.1, 0.15) is 12.5 Å². The molecule has 0 spiro atoms. The summed E-state index contributed by atoms with van der Waals surface area (Å²) in [5, 5.41) is 0. The first-order valence-electron chi connectivity index (χ1n) is 6.44. The first-order chi connectivity index (χ1) is 9.55. The molecule has 0 aromatic heterocycles. The summed E-state index contributed by atoms with van der Waals surface area (Å²) >= 11 is 0. The quantitative estimate of drug-likeness (QED) is 0.860.